The summed E-state index contributed by atoms with van der Waals surface area (Å²) in [6.07, 6.45) is 3.78. The number of aliphatic imine (C=N–C) groups is 1. The van der Waals surface area contributed by atoms with Crippen molar-refractivity contribution in [1.29, 1.82) is 0 Å². The number of hydrogen-bond donors (Lipinski definition) is 1. The zero-order chi connectivity index (χ0) is 17.2. The van der Waals surface area contributed by atoms with E-state index in [0.29, 0.717) is 0 Å². The van der Waals surface area contributed by atoms with Gasteiger partial charge in [0.05, 0.1) is 0 Å². The molecule has 0 aromatic rings. The summed E-state index contributed by atoms with van der Waals surface area (Å²) in [5, 5.41) is 3.41. The quantitative estimate of drug-likeness (QED) is 0.264. The van der Waals surface area contributed by atoms with Crippen molar-refractivity contribution < 1.29 is 14.3 Å². The van der Waals surface area contributed by atoms with E-state index in [4.69, 9.17) is 9.47 Å². The van der Waals surface area contributed by atoms with Gasteiger partial charge in [-0.25, -0.2) is 0 Å². The van der Waals surface area contributed by atoms with Gasteiger partial charge in [-0.2, -0.15) is 0 Å². The van der Waals surface area contributed by atoms with Crippen molar-refractivity contribution in [3.8, 4) is 0 Å². The molecule has 7 nitrogen and oxygen atoms in total. The highest BCUT2D eigenvalue weighted by molar-refractivity contribution is 14.0. The molecule has 146 valence electrons. The minimum absolute atomic E-state index is 0. The lowest BCUT2D eigenvalue weighted by molar-refractivity contribution is -0.142. The second-order valence-corrected chi connectivity index (χ2v) is 6.19. The van der Waals surface area contributed by atoms with Crippen molar-refractivity contribution in [2.45, 2.75) is 38.7 Å². The molecule has 0 aromatic carbocycles. The molecule has 1 unspecified atom stereocenters. The minimum atomic E-state index is -0.209. The average Bonchev–Trinajstić information content (AvgIpc) is 3.15. The van der Waals surface area contributed by atoms with Gasteiger partial charge in [0.2, 0.25) is 0 Å². The van der Waals surface area contributed by atoms with Crippen LogP contribution in [0.5, 0.6) is 0 Å². The van der Waals surface area contributed by atoms with Crippen LogP contribution < -0.4 is 5.32 Å². The van der Waals surface area contributed by atoms with Crippen LogP contribution in [-0.4, -0.2) is 87.4 Å². The molecule has 2 fully saturated rings. The molecule has 0 aliphatic carbocycles. The number of piperazine rings is 1. The van der Waals surface area contributed by atoms with Gasteiger partial charge < -0.3 is 24.6 Å². The van der Waals surface area contributed by atoms with Gasteiger partial charge in [0.25, 0.3) is 5.91 Å². The first-order valence-electron chi connectivity index (χ1n) is 9.20. The van der Waals surface area contributed by atoms with Crippen LogP contribution in [0.25, 0.3) is 0 Å². The number of ether oxygens (including phenoxy) is 2. The van der Waals surface area contributed by atoms with Gasteiger partial charge in [-0.3, -0.25) is 9.79 Å². The summed E-state index contributed by atoms with van der Waals surface area (Å²) >= 11 is 0. The SMILES string of the molecule is CCOCCCCNC(=NC)N1CCN(C(=O)C2CCCO2)CC1.I. The molecule has 0 aromatic heterocycles. The summed E-state index contributed by atoms with van der Waals surface area (Å²) < 4.78 is 10.8. The lowest BCUT2D eigenvalue weighted by atomic mass is 10.2. The molecule has 25 heavy (non-hydrogen) atoms. The number of nitrogens with one attached hydrogen (secondary N) is 1. The third-order valence-corrected chi connectivity index (χ3v) is 4.51. The Hall–Kier alpha value is -0.610. The summed E-state index contributed by atoms with van der Waals surface area (Å²) in [7, 11) is 1.81. The predicted octanol–water partition coefficient (Wildman–Crippen LogP) is 1.32. The maximum Gasteiger partial charge on any atom is 0.251 e. The van der Waals surface area contributed by atoms with Crippen molar-refractivity contribution in [3.63, 3.8) is 0 Å². The molecule has 2 saturated heterocycles. The Morgan fingerprint density at radius 3 is 2.56 bits per heavy atom. The molecule has 0 spiro atoms. The first kappa shape index (κ1) is 22.4. The Bertz CT molecular complexity index is 409. The van der Waals surface area contributed by atoms with E-state index in [9.17, 15) is 4.79 Å². The number of hydrogen-bond acceptors (Lipinski definition) is 4. The summed E-state index contributed by atoms with van der Waals surface area (Å²) in [6.45, 7) is 8.35. The molecule has 1 N–H and O–H groups in total. The van der Waals surface area contributed by atoms with Crippen molar-refractivity contribution in [2.24, 2.45) is 4.99 Å². The summed E-state index contributed by atoms with van der Waals surface area (Å²) in [4.78, 5) is 20.9. The molecule has 0 saturated carbocycles. The second-order valence-electron chi connectivity index (χ2n) is 6.19. The number of guanidine groups is 1. The Morgan fingerprint density at radius 1 is 1.24 bits per heavy atom. The zero-order valence-electron chi connectivity index (χ0n) is 15.5. The van der Waals surface area contributed by atoms with Crippen LogP contribution in [-0.2, 0) is 14.3 Å². The molecule has 8 heteroatoms. The first-order chi connectivity index (χ1) is 11.8. The van der Waals surface area contributed by atoms with Gasteiger partial charge in [-0.05, 0) is 32.6 Å². The fourth-order valence-corrected chi connectivity index (χ4v) is 3.12. The number of unbranched alkanes of at least 4 members (excludes halogenated alkanes) is 1. The van der Waals surface area contributed by atoms with E-state index in [-0.39, 0.29) is 36.0 Å². The van der Waals surface area contributed by atoms with Crippen LogP contribution in [0, 0.1) is 0 Å². The number of rotatable bonds is 7. The molecule has 2 heterocycles. The highest BCUT2D eigenvalue weighted by Gasteiger charge is 2.30. The van der Waals surface area contributed by atoms with E-state index in [0.717, 1.165) is 84.2 Å². The number of halogens is 1. The van der Waals surface area contributed by atoms with Gasteiger partial charge in [0, 0.05) is 59.6 Å². The molecule has 2 aliphatic rings. The van der Waals surface area contributed by atoms with E-state index >= 15 is 0 Å². The van der Waals surface area contributed by atoms with Gasteiger partial charge in [-0.1, -0.05) is 0 Å². The topological polar surface area (TPSA) is 66.4 Å². The summed E-state index contributed by atoms with van der Waals surface area (Å²) in [5.74, 6) is 1.08. The van der Waals surface area contributed by atoms with E-state index in [2.05, 4.69) is 15.2 Å². The highest BCUT2D eigenvalue weighted by atomic mass is 127. The monoisotopic (exact) mass is 468 g/mol. The lowest BCUT2D eigenvalue weighted by Crippen LogP contribution is -2.55. The van der Waals surface area contributed by atoms with Crippen LogP contribution in [0.15, 0.2) is 4.99 Å². The van der Waals surface area contributed by atoms with Gasteiger partial charge in [0.15, 0.2) is 5.96 Å². The molecule has 2 aliphatic heterocycles. The van der Waals surface area contributed by atoms with Gasteiger partial charge in [0.1, 0.15) is 6.10 Å². The fourth-order valence-electron chi connectivity index (χ4n) is 3.12. The maximum absolute atomic E-state index is 12.4. The van der Waals surface area contributed by atoms with Crippen molar-refractivity contribution in [1.82, 2.24) is 15.1 Å². The smallest absolute Gasteiger partial charge is 0.251 e. The molecule has 1 atom stereocenters. The van der Waals surface area contributed by atoms with Crippen LogP contribution in [0.1, 0.15) is 32.6 Å². The van der Waals surface area contributed by atoms with Crippen molar-refractivity contribution in [3.05, 3.63) is 0 Å². The zero-order valence-corrected chi connectivity index (χ0v) is 17.9. The van der Waals surface area contributed by atoms with E-state index in [1.807, 2.05) is 18.9 Å². The van der Waals surface area contributed by atoms with Gasteiger partial charge in [-0.15, -0.1) is 24.0 Å². The number of carbonyl (C=O) groups excluding carboxylic acids is 1. The molecular formula is C17H33IN4O3. The Morgan fingerprint density at radius 2 is 1.96 bits per heavy atom. The van der Waals surface area contributed by atoms with E-state index < -0.39 is 0 Å². The van der Waals surface area contributed by atoms with Crippen LogP contribution in [0.3, 0.4) is 0 Å². The number of carbonyl (C=O) groups is 1. The summed E-state index contributed by atoms with van der Waals surface area (Å²) in [6, 6.07) is 0. The summed E-state index contributed by atoms with van der Waals surface area (Å²) in [5.41, 5.74) is 0. The molecular weight excluding hydrogens is 435 g/mol. The normalized spacial score (nSPS) is 21.2. The minimum Gasteiger partial charge on any atom is -0.382 e. The third-order valence-electron chi connectivity index (χ3n) is 4.51. The standard InChI is InChI=1S/C17H32N4O3.HI/c1-3-23-13-5-4-8-19-17(18-2)21-11-9-20(10-12-21)16(22)15-7-6-14-24-15;/h15H,3-14H2,1-2H3,(H,18,19);1H. The Kier molecular flexibility index (Phi) is 11.4. The van der Waals surface area contributed by atoms with Crippen molar-refractivity contribution >= 4 is 35.8 Å². The van der Waals surface area contributed by atoms with Crippen LogP contribution in [0.4, 0.5) is 0 Å². The van der Waals surface area contributed by atoms with Crippen LogP contribution in [0.2, 0.25) is 0 Å². The highest BCUT2D eigenvalue weighted by Crippen LogP contribution is 2.16. The van der Waals surface area contributed by atoms with Gasteiger partial charge >= 0.3 is 0 Å². The molecule has 2 rings (SSSR count). The molecule has 0 radical (unpaired) electrons. The number of nitrogens with zero attached hydrogens (tertiary/aromatic N) is 3. The number of amides is 1. The maximum atomic E-state index is 12.4. The first-order valence-corrected chi connectivity index (χ1v) is 9.20. The second kappa shape index (κ2) is 12.7. The average molecular weight is 468 g/mol. The Labute approximate surface area is 168 Å². The molecule has 1 amide bonds. The van der Waals surface area contributed by atoms with Crippen LogP contribution >= 0.6 is 24.0 Å². The Balaban J connectivity index is 0.00000312. The lowest BCUT2D eigenvalue weighted by Gasteiger charge is -2.37. The third kappa shape index (κ3) is 7.26. The predicted molar refractivity (Wildman–Crippen MR) is 110 cm³/mol. The molecule has 0 bridgehead atoms. The van der Waals surface area contributed by atoms with E-state index in [1.165, 1.54) is 0 Å². The fraction of sp³-hybridized carbons (Fsp3) is 0.882. The van der Waals surface area contributed by atoms with E-state index in [1.54, 1.807) is 0 Å². The largest absolute Gasteiger partial charge is 0.382 e. The van der Waals surface area contributed by atoms with Crippen molar-refractivity contribution in [2.75, 3.05) is 59.6 Å².